The van der Waals surface area contributed by atoms with E-state index in [1.165, 1.54) is 12.8 Å². The molecule has 0 amide bonds. The van der Waals surface area contributed by atoms with Gasteiger partial charge in [0.25, 0.3) is 0 Å². The van der Waals surface area contributed by atoms with Crippen LogP contribution in [0.3, 0.4) is 0 Å². The molecule has 0 aromatic rings. The summed E-state index contributed by atoms with van der Waals surface area (Å²) in [5.74, 6) is 1.62. The summed E-state index contributed by atoms with van der Waals surface area (Å²) in [6.07, 6.45) is 4.71. The molecule has 0 aromatic carbocycles. The predicted octanol–water partition coefficient (Wildman–Crippen LogP) is 1.99. The van der Waals surface area contributed by atoms with Crippen molar-refractivity contribution in [2.24, 2.45) is 11.8 Å². The monoisotopic (exact) mass is 183 g/mol. The van der Waals surface area contributed by atoms with Crippen LogP contribution in [0.5, 0.6) is 0 Å². The number of rotatable bonds is 4. The molecule has 1 aliphatic carbocycles. The van der Waals surface area contributed by atoms with Gasteiger partial charge in [0.05, 0.1) is 6.54 Å². The van der Waals surface area contributed by atoms with E-state index in [4.69, 9.17) is 0 Å². The Hall–Kier alpha value is -0.370. The van der Waals surface area contributed by atoms with Crippen molar-refractivity contribution in [1.29, 1.82) is 0 Å². The summed E-state index contributed by atoms with van der Waals surface area (Å²) in [5.41, 5.74) is 0. The van der Waals surface area contributed by atoms with Crippen molar-refractivity contribution in [2.75, 3.05) is 13.1 Å². The Morgan fingerprint density at radius 3 is 2.46 bits per heavy atom. The fourth-order valence-electron chi connectivity index (χ4n) is 1.97. The zero-order chi connectivity index (χ0) is 9.68. The Bertz CT molecular complexity index is 159. The van der Waals surface area contributed by atoms with E-state index in [0.29, 0.717) is 18.2 Å². The molecular formula is C11H21NO. The Kier molecular flexibility index (Phi) is 4.43. The lowest BCUT2D eigenvalue weighted by Gasteiger charge is -2.24. The van der Waals surface area contributed by atoms with Gasteiger partial charge in [-0.25, -0.2) is 0 Å². The summed E-state index contributed by atoms with van der Waals surface area (Å²) in [4.78, 5) is 11.6. The van der Waals surface area contributed by atoms with E-state index in [2.05, 4.69) is 12.2 Å². The number of Topliss-reactive ketones (excluding diaryl/α,β-unsaturated/α-hetero) is 1. The van der Waals surface area contributed by atoms with Gasteiger partial charge in [-0.3, -0.25) is 4.79 Å². The second kappa shape index (κ2) is 5.38. The fourth-order valence-corrected chi connectivity index (χ4v) is 1.97. The number of hydrogen-bond donors (Lipinski definition) is 1. The second-order valence-corrected chi connectivity index (χ2v) is 4.20. The van der Waals surface area contributed by atoms with E-state index < -0.39 is 0 Å². The number of nitrogens with one attached hydrogen (secondary N) is 1. The molecule has 0 saturated heterocycles. The van der Waals surface area contributed by atoms with Gasteiger partial charge in [0.1, 0.15) is 5.78 Å². The van der Waals surface area contributed by atoms with Gasteiger partial charge in [-0.05, 0) is 25.3 Å². The molecule has 0 aliphatic heterocycles. The highest BCUT2D eigenvalue weighted by Gasteiger charge is 2.23. The average molecular weight is 183 g/mol. The molecule has 1 N–H and O–H groups in total. The molecule has 0 heterocycles. The van der Waals surface area contributed by atoms with Gasteiger partial charge in [0.2, 0.25) is 0 Å². The van der Waals surface area contributed by atoms with Crippen LogP contribution >= 0.6 is 0 Å². The van der Waals surface area contributed by atoms with Gasteiger partial charge in [0.15, 0.2) is 0 Å². The molecule has 1 rings (SSSR count). The number of ketones is 1. The predicted molar refractivity (Wildman–Crippen MR) is 54.7 cm³/mol. The molecule has 2 nitrogen and oxygen atoms in total. The highest BCUT2D eigenvalue weighted by atomic mass is 16.1. The molecule has 76 valence electrons. The normalized spacial score (nSPS) is 28.8. The van der Waals surface area contributed by atoms with Gasteiger partial charge in [-0.1, -0.05) is 26.7 Å². The molecular weight excluding hydrogens is 162 g/mol. The Labute approximate surface area is 81.1 Å². The van der Waals surface area contributed by atoms with Crippen LogP contribution in [0.25, 0.3) is 0 Å². The average Bonchev–Trinajstić information content (AvgIpc) is 2.15. The van der Waals surface area contributed by atoms with Gasteiger partial charge in [0, 0.05) is 5.92 Å². The standard InChI is InChI=1S/C11H21NO/c1-3-12-8-11(13)10-6-4-9(2)5-7-10/h9-10,12H,3-8H2,1-2H3/t9-,10+. The van der Waals surface area contributed by atoms with Crippen LogP contribution in [0.4, 0.5) is 0 Å². The first-order valence-corrected chi connectivity index (χ1v) is 5.47. The lowest BCUT2D eigenvalue weighted by molar-refractivity contribution is -0.123. The van der Waals surface area contributed by atoms with Crippen molar-refractivity contribution < 1.29 is 4.79 Å². The minimum Gasteiger partial charge on any atom is -0.310 e. The summed E-state index contributed by atoms with van der Waals surface area (Å²) >= 11 is 0. The number of carbonyl (C=O) groups is 1. The summed E-state index contributed by atoms with van der Waals surface area (Å²) in [7, 11) is 0. The smallest absolute Gasteiger partial charge is 0.149 e. The van der Waals surface area contributed by atoms with E-state index >= 15 is 0 Å². The zero-order valence-corrected chi connectivity index (χ0v) is 8.81. The van der Waals surface area contributed by atoms with Crippen LogP contribution < -0.4 is 5.32 Å². The zero-order valence-electron chi connectivity index (χ0n) is 8.81. The molecule has 1 fully saturated rings. The Morgan fingerprint density at radius 2 is 1.92 bits per heavy atom. The highest BCUT2D eigenvalue weighted by Crippen LogP contribution is 2.28. The topological polar surface area (TPSA) is 29.1 Å². The first-order valence-electron chi connectivity index (χ1n) is 5.47. The van der Waals surface area contributed by atoms with Crippen molar-refractivity contribution >= 4 is 5.78 Å². The van der Waals surface area contributed by atoms with E-state index in [9.17, 15) is 4.79 Å². The maximum absolute atomic E-state index is 11.6. The maximum Gasteiger partial charge on any atom is 0.149 e. The minimum atomic E-state index is 0.357. The molecule has 0 radical (unpaired) electrons. The quantitative estimate of drug-likeness (QED) is 0.722. The van der Waals surface area contributed by atoms with Crippen LogP contribution in [0.15, 0.2) is 0 Å². The van der Waals surface area contributed by atoms with Crippen LogP contribution in [-0.4, -0.2) is 18.9 Å². The van der Waals surface area contributed by atoms with Gasteiger partial charge in [-0.2, -0.15) is 0 Å². The lowest BCUT2D eigenvalue weighted by atomic mass is 9.81. The highest BCUT2D eigenvalue weighted by molar-refractivity contribution is 5.83. The maximum atomic E-state index is 11.6. The first-order chi connectivity index (χ1) is 6.24. The number of carbonyl (C=O) groups excluding carboxylic acids is 1. The molecule has 0 atom stereocenters. The van der Waals surface area contributed by atoms with Gasteiger partial charge >= 0.3 is 0 Å². The van der Waals surface area contributed by atoms with Crippen molar-refractivity contribution in [1.82, 2.24) is 5.32 Å². The van der Waals surface area contributed by atoms with Gasteiger partial charge in [-0.15, -0.1) is 0 Å². The molecule has 13 heavy (non-hydrogen) atoms. The summed E-state index contributed by atoms with van der Waals surface area (Å²) in [6.45, 7) is 5.80. The van der Waals surface area contributed by atoms with Crippen molar-refractivity contribution in [3.8, 4) is 0 Å². The molecule has 0 spiro atoms. The van der Waals surface area contributed by atoms with Gasteiger partial charge < -0.3 is 5.32 Å². The lowest BCUT2D eigenvalue weighted by Crippen LogP contribution is -2.30. The van der Waals surface area contributed by atoms with E-state index in [1.807, 2.05) is 6.92 Å². The third-order valence-electron chi connectivity index (χ3n) is 3.02. The molecule has 1 aliphatic rings. The van der Waals surface area contributed by atoms with E-state index in [1.54, 1.807) is 0 Å². The first kappa shape index (κ1) is 10.7. The van der Waals surface area contributed by atoms with Crippen LogP contribution in [0.1, 0.15) is 39.5 Å². The SMILES string of the molecule is CCNCC(=O)[C@H]1CC[C@@H](C)CC1. The van der Waals surface area contributed by atoms with E-state index in [0.717, 1.165) is 25.3 Å². The van der Waals surface area contributed by atoms with Crippen molar-refractivity contribution in [2.45, 2.75) is 39.5 Å². The largest absolute Gasteiger partial charge is 0.310 e. The molecule has 2 heteroatoms. The molecule has 0 aromatic heterocycles. The number of likely N-dealkylation sites (N-methyl/N-ethyl adjacent to an activating group) is 1. The molecule has 1 saturated carbocycles. The molecule has 0 bridgehead atoms. The number of hydrogen-bond acceptors (Lipinski definition) is 2. The van der Waals surface area contributed by atoms with Crippen LogP contribution in [0, 0.1) is 11.8 Å². The Balaban J connectivity index is 2.23. The van der Waals surface area contributed by atoms with Crippen LogP contribution in [0.2, 0.25) is 0 Å². The second-order valence-electron chi connectivity index (χ2n) is 4.20. The van der Waals surface area contributed by atoms with E-state index in [-0.39, 0.29) is 0 Å². The van der Waals surface area contributed by atoms with Crippen molar-refractivity contribution in [3.05, 3.63) is 0 Å². The summed E-state index contributed by atoms with van der Waals surface area (Å²) < 4.78 is 0. The minimum absolute atomic E-state index is 0.357. The summed E-state index contributed by atoms with van der Waals surface area (Å²) in [6, 6.07) is 0. The van der Waals surface area contributed by atoms with Crippen molar-refractivity contribution in [3.63, 3.8) is 0 Å². The molecule has 0 unspecified atom stereocenters. The third-order valence-corrected chi connectivity index (χ3v) is 3.02. The van der Waals surface area contributed by atoms with Crippen LogP contribution in [-0.2, 0) is 4.79 Å². The third kappa shape index (κ3) is 3.47. The summed E-state index contributed by atoms with van der Waals surface area (Å²) in [5, 5.41) is 3.11. The fraction of sp³-hybridized carbons (Fsp3) is 0.909. The Morgan fingerprint density at radius 1 is 1.31 bits per heavy atom.